The fraction of sp³-hybridized carbons (Fsp3) is 0.538. The Morgan fingerprint density at radius 2 is 2.15 bits per heavy atom. The molecule has 7 nitrogen and oxygen atoms in total. The van der Waals surface area contributed by atoms with E-state index in [0.29, 0.717) is 25.3 Å². The molecule has 2 heterocycles. The lowest BCUT2D eigenvalue weighted by Gasteiger charge is -2.20. The van der Waals surface area contributed by atoms with Crippen molar-refractivity contribution in [1.29, 1.82) is 0 Å². The van der Waals surface area contributed by atoms with Crippen molar-refractivity contribution in [3.63, 3.8) is 0 Å². The lowest BCUT2D eigenvalue weighted by molar-refractivity contribution is -0.146. The van der Waals surface area contributed by atoms with Gasteiger partial charge in [-0.15, -0.1) is 0 Å². The number of aliphatic hydroxyl groups is 1. The standard InChI is InChI=1S/C13H17NO6/c1-18-12(16)10-5-8(15)6-14(10)7-9-3-4-11(20-9)13(17)19-2/h3-4,8,10,15H,5-7H2,1-2H3. The van der Waals surface area contributed by atoms with Crippen molar-refractivity contribution in [1.82, 2.24) is 4.90 Å². The van der Waals surface area contributed by atoms with Crippen LogP contribution in [-0.2, 0) is 20.8 Å². The quantitative estimate of drug-likeness (QED) is 0.788. The van der Waals surface area contributed by atoms with E-state index in [1.54, 1.807) is 11.0 Å². The largest absolute Gasteiger partial charge is 0.468 e. The molecule has 2 rings (SSSR count). The number of ether oxygens (including phenoxy) is 2. The molecule has 1 fully saturated rings. The predicted octanol–water partition coefficient (Wildman–Crippen LogP) is 0.174. The van der Waals surface area contributed by atoms with E-state index in [1.807, 2.05) is 0 Å². The Morgan fingerprint density at radius 1 is 1.40 bits per heavy atom. The van der Waals surface area contributed by atoms with Crippen molar-refractivity contribution >= 4 is 11.9 Å². The first kappa shape index (κ1) is 14.5. The third-order valence-electron chi connectivity index (χ3n) is 3.26. The smallest absolute Gasteiger partial charge is 0.373 e. The SMILES string of the molecule is COC(=O)c1ccc(CN2CC(O)CC2C(=O)OC)o1. The Labute approximate surface area is 116 Å². The van der Waals surface area contributed by atoms with Crippen LogP contribution in [0.15, 0.2) is 16.5 Å². The molecule has 1 aromatic rings. The maximum absolute atomic E-state index is 11.6. The third-order valence-corrected chi connectivity index (χ3v) is 3.26. The lowest BCUT2D eigenvalue weighted by atomic mass is 10.2. The summed E-state index contributed by atoms with van der Waals surface area (Å²) in [7, 11) is 2.59. The minimum Gasteiger partial charge on any atom is -0.468 e. The number of β-amino-alcohol motifs (C(OH)–C–C–N with tert-alkyl or cyclic N) is 1. The summed E-state index contributed by atoms with van der Waals surface area (Å²) in [6.07, 6.45) is -0.244. The van der Waals surface area contributed by atoms with Crippen molar-refractivity contribution in [2.24, 2.45) is 0 Å². The van der Waals surface area contributed by atoms with Gasteiger partial charge in [-0.2, -0.15) is 0 Å². The summed E-state index contributed by atoms with van der Waals surface area (Å²) < 4.78 is 14.6. The summed E-state index contributed by atoms with van der Waals surface area (Å²) in [5.41, 5.74) is 0. The fourth-order valence-corrected chi connectivity index (χ4v) is 2.31. The van der Waals surface area contributed by atoms with Crippen LogP contribution in [0.25, 0.3) is 0 Å². The number of likely N-dealkylation sites (tertiary alicyclic amines) is 1. The average Bonchev–Trinajstić information content (AvgIpc) is 3.04. The van der Waals surface area contributed by atoms with E-state index in [9.17, 15) is 14.7 Å². The van der Waals surface area contributed by atoms with Crippen LogP contribution in [0, 0.1) is 0 Å². The molecule has 0 spiro atoms. The molecule has 0 aliphatic carbocycles. The second-order valence-electron chi connectivity index (χ2n) is 4.62. The zero-order valence-corrected chi connectivity index (χ0v) is 11.4. The molecule has 0 radical (unpaired) electrons. The van der Waals surface area contributed by atoms with Gasteiger partial charge in [-0.3, -0.25) is 9.69 Å². The maximum Gasteiger partial charge on any atom is 0.373 e. The molecule has 1 aliphatic rings. The van der Waals surface area contributed by atoms with Gasteiger partial charge < -0.3 is 19.0 Å². The third kappa shape index (κ3) is 3.00. The molecule has 20 heavy (non-hydrogen) atoms. The molecule has 2 unspecified atom stereocenters. The van der Waals surface area contributed by atoms with Gasteiger partial charge in [0.05, 0.1) is 26.9 Å². The Kier molecular flexibility index (Phi) is 4.41. The van der Waals surface area contributed by atoms with Crippen LogP contribution >= 0.6 is 0 Å². The van der Waals surface area contributed by atoms with E-state index in [-0.39, 0.29) is 11.7 Å². The van der Waals surface area contributed by atoms with Gasteiger partial charge in [-0.1, -0.05) is 0 Å². The minimum absolute atomic E-state index is 0.108. The molecule has 1 N–H and O–H groups in total. The molecule has 0 saturated carbocycles. The second-order valence-corrected chi connectivity index (χ2v) is 4.62. The van der Waals surface area contributed by atoms with Gasteiger partial charge in [0.25, 0.3) is 0 Å². The van der Waals surface area contributed by atoms with Crippen LogP contribution in [0.2, 0.25) is 0 Å². The monoisotopic (exact) mass is 283 g/mol. The minimum atomic E-state index is -0.575. The van der Waals surface area contributed by atoms with E-state index in [0.717, 1.165) is 0 Å². The van der Waals surface area contributed by atoms with Crippen LogP contribution < -0.4 is 0 Å². The van der Waals surface area contributed by atoms with Crippen molar-refractivity contribution in [3.8, 4) is 0 Å². The highest BCUT2D eigenvalue weighted by molar-refractivity contribution is 5.86. The zero-order chi connectivity index (χ0) is 14.7. The van der Waals surface area contributed by atoms with Crippen molar-refractivity contribution in [3.05, 3.63) is 23.7 Å². The van der Waals surface area contributed by atoms with Crippen LogP contribution in [0.3, 0.4) is 0 Å². The summed E-state index contributed by atoms with van der Waals surface area (Å²) in [5, 5.41) is 9.67. The van der Waals surface area contributed by atoms with Crippen molar-refractivity contribution < 1.29 is 28.6 Å². The molecule has 7 heteroatoms. The number of carbonyl (C=O) groups is 2. The Balaban J connectivity index is 2.06. The fourth-order valence-electron chi connectivity index (χ4n) is 2.31. The van der Waals surface area contributed by atoms with E-state index in [4.69, 9.17) is 9.15 Å². The highest BCUT2D eigenvalue weighted by Gasteiger charge is 2.37. The Bertz CT molecular complexity index is 497. The predicted molar refractivity (Wildman–Crippen MR) is 66.9 cm³/mol. The molecule has 1 saturated heterocycles. The van der Waals surface area contributed by atoms with Gasteiger partial charge in [0.1, 0.15) is 11.8 Å². The highest BCUT2D eigenvalue weighted by Crippen LogP contribution is 2.22. The number of hydrogen-bond donors (Lipinski definition) is 1. The van der Waals surface area contributed by atoms with Gasteiger partial charge in [0.2, 0.25) is 5.76 Å². The van der Waals surface area contributed by atoms with Crippen LogP contribution in [0.5, 0.6) is 0 Å². The van der Waals surface area contributed by atoms with Crippen LogP contribution in [0.1, 0.15) is 22.7 Å². The Hall–Kier alpha value is -1.86. The summed E-state index contributed by atoms with van der Waals surface area (Å²) in [4.78, 5) is 24.7. The maximum atomic E-state index is 11.6. The number of furan rings is 1. The van der Waals surface area contributed by atoms with Gasteiger partial charge in [0.15, 0.2) is 0 Å². The summed E-state index contributed by atoms with van der Waals surface area (Å²) in [5.74, 6) is -0.311. The number of methoxy groups -OCH3 is 2. The van der Waals surface area contributed by atoms with Crippen molar-refractivity contribution in [2.75, 3.05) is 20.8 Å². The first-order chi connectivity index (χ1) is 9.55. The molecule has 1 aliphatic heterocycles. The Morgan fingerprint density at radius 3 is 2.80 bits per heavy atom. The molecule has 1 aromatic heterocycles. The molecule has 0 aromatic carbocycles. The first-order valence-corrected chi connectivity index (χ1v) is 6.22. The second kappa shape index (κ2) is 6.06. The first-order valence-electron chi connectivity index (χ1n) is 6.22. The number of hydrogen-bond acceptors (Lipinski definition) is 7. The molecule has 2 atom stereocenters. The van der Waals surface area contributed by atoms with E-state index in [2.05, 4.69) is 4.74 Å². The summed E-state index contributed by atoms with van der Waals surface area (Å²) in [6.45, 7) is 0.668. The van der Waals surface area contributed by atoms with Gasteiger partial charge >= 0.3 is 11.9 Å². The van der Waals surface area contributed by atoms with E-state index in [1.165, 1.54) is 20.3 Å². The number of esters is 2. The average molecular weight is 283 g/mol. The number of carbonyl (C=O) groups excluding carboxylic acids is 2. The topological polar surface area (TPSA) is 89.2 Å². The number of aliphatic hydroxyl groups excluding tert-OH is 1. The van der Waals surface area contributed by atoms with E-state index < -0.39 is 18.1 Å². The highest BCUT2D eigenvalue weighted by atomic mass is 16.5. The summed E-state index contributed by atoms with van der Waals surface area (Å²) in [6, 6.07) is 2.66. The van der Waals surface area contributed by atoms with Crippen LogP contribution in [0.4, 0.5) is 0 Å². The van der Waals surface area contributed by atoms with Crippen molar-refractivity contribution in [2.45, 2.75) is 25.1 Å². The molecule has 0 bridgehead atoms. The normalized spacial score (nSPS) is 22.8. The summed E-state index contributed by atoms with van der Waals surface area (Å²) >= 11 is 0. The molecular weight excluding hydrogens is 266 g/mol. The van der Waals surface area contributed by atoms with Gasteiger partial charge in [-0.25, -0.2) is 4.79 Å². The van der Waals surface area contributed by atoms with E-state index >= 15 is 0 Å². The number of nitrogens with zero attached hydrogens (tertiary/aromatic N) is 1. The van der Waals surface area contributed by atoms with Gasteiger partial charge in [-0.05, 0) is 12.1 Å². The molecular formula is C13H17NO6. The lowest BCUT2D eigenvalue weighted by Crippen LogP contribution is -2.36. The number of rotatable bonds is 4. The molecule has 0 amide bonds. The van der Waals surface area contributed by atoms with Gasteiger partial charge in [0, 0.05) is 13.0 Å². The molecule has 110 valence electrons. The zero-order valence-electron chi connectivity index (χ0n) is 11.4. The van der Waals surface area contributed by atoms with Crippen LogP contribution in [-0.4, -0.2) is 54.9 Å².